The fraction of sp³-hybridized carbons (Fsp3) is 0.407. The van der Waals surface area contributed by atoms with Crippen LogP contribution in [-0.2, 0) is 20.7 Å². The summed E-state index contributed by atoms with van der Waals surface area (Å²) in [5.74, 6) is -3.51. The molecule has 0 bridgehead atoms. The molecular weight excluding hydrogens is 452 g/mol. The Balaban J connectivity index is 0.00000167. The fourth-order valence-corrected chi connectivity index (χ4v) is 4.85. The predicted molar refractivity (Wildman–Crippen MR) is 127 cm³/mol. The van der Waals surface area contributed by atoms with E-state index in [2.05, 4.69) is 0 Å². The summed E-state index contributed by atoms with van der Waals surface area (Å²) in [6, 6.07) is 4.58. The second kappa shape index (κ2) is 10.3. The molecule has 2 aliphatic carbocycles. The molecule has 2 aromatic rings. The molecule has 0 heterocycles. The van der Waals surface area contributed by atoms with E-state index in [1.54, 1.807) is 26.0 Å². The van der Waals surface area contributed by atoms with Crippen LogP contribution < -0.4 is 4.74 Å². The van der Waals surface area contributed by atoms with Gasteiger partial charge in [0.05, 0.1) is 23.8 Å². The second-order valence-corrected chi connectivity index (χ2v) is 8.40. The van der Waals surface area contributed by atoms with Crippen LogP contribution in [0.4, 0.5) is 0 Å². The van der Waals surface area contributed by atoms with E-state index in [0.717, 1.165) is 0 Å². The summed E-state index contributed by atoms with van der Waals surface area (Å²) in [6.07, 6.45) is 0.547. The molecule has 0 fully saturated rings. The fourth-order valence-electron chi connectivity index (χ4n) is 4.85. The van der Waals surface area contributed by atoms with Crippen LogP contribution in [0.1, 0.15) is 89.4 Å². The molecule has 0 aromatic heterocycles. The average Bonchev–Trinajstić information content (AvgIpc) is 2.87. The van der Waals surface area contributed by atoms with Gasteiger partial charge in [-0.05, 0) is 24.8 Å². The van der Waals surface area contributed by atoms with Gasteiger partial charge >= 0.3 is 5.97 Å². The minimum atomic E-state index is -0.607. The van der Waals surface area contributed by atoms with Crippen molar-refractivity contribution in [2.24, 2.45) is 5.92 Å². The molecule has 0 radical (unpaired) electrons. The molecule has 0 saturated heterocycles. The number of fused-ring (bicyclic) bond motifs is 3. The monoisotopic (exact) mass is 482 g/mol. The van der Waals surface area contributed by atoms with Gasteiger partial charge in [-0.25, -0.2) is 0 Å². The van der Waals surface area contributed by atoms with Crippen molar-refractivity contribution < 1.29 is 38.9 Å². The SMILES string of the molecule is CC.CCC(=O)OCC(=O)C1Cc2c(O)c3c(c(O)c2[C@@H](C)C1)C(=O)c1c(OC)cccc1C3=O. The van der Waals surface area contributed by atoms with E-state index in [9.17, 15) is 29.4 Å². The van der Waals surface area contributed by atoms with Crippen molar-refractivity contribution in [3.05, 3.63) is 51.6 Å². The number of Topliss-reactive ketones (excluding diaryl/α,β-unsaturated/α-hetero) is 1. The number of carbonyl (C=O) groups is 4. The summed E-state index contributed by atoms with van der Waals surface area (Å²) in [6.45, 7) is 7.02. The number of methoxy groups -OCH3 is 1. The number of ketones is 3. The second-order valence-electron chi connectivity index (χ2n) is 8.40. The van der Waals surface area contributed by atoms with Crippen LogP contribution in [0.25, 0.3) is 0 Å². The lowest BCUT2D eigenvalue weighted by Crippen LogP contribution is -2.30. The number of esters is 1. The van der Waals surface area contributed by atoms with Crippen molar-refractivity contribution in [3.8, 4) is 17.2 Å². The molecule has 0 spiro atoms. The summed E-state index contributed by atoms with van der Waals surface area (Å²) in [5.41, 5.74) is 0.209. The first-order valence-corrected chi connectivity index (χ1v) is 11.8. The maximum atomic E-state index is 13.3. The highest BCUT2D eigenvalue weighted by Gasteiger charge is 2.42. The number of rotatable bonds is 5. The topological polar surface area (TPSA) is 127 Å². The van der Waals surface area contributed by atoms with Crippen molar-refractivity contribution in [1.82, 2.24) is 0 Å². The van der Waals surface area contributed by atoms with Crippen LogP contribution in [0, 0.1) is 5.92 Å². The number of phenols is 2. The third-order valence-electron chi connectivity index (χ3n) is 6.46. The molecule has 0 aliphatic heterocycles. The Labute approximate surface area is 203 Å². The summed E-state index contributed by atoms with van der Waals surface area (Å²) in [7, 11) is 1.38. The maximum absolute atomic E-state index is 13.3. The molecule has 8 nitrogen and oxygen atoms in total. The predicted octanol–water partition coefficient (Wildman–Crippen LogP) is 4.10. The quantitative estimate of drug-likeness (QED) is 0.411. The lowest BCUT2D eigenvalue weighted by Gasteiger charge is -2.32. The zero-order valence-corrected chi connectivity index (χ0v) is 20.6. The highest BCUT2D eigenvalue weighted by atomic mass is 16.5. The largest absolute Gasteiger partial charge is 0.507 e. The molecule has 8 heteroatoms. The van der Waals surface area contributed by atoms with Gasteiger partial charge in [0.25, 0.3) is 0 Å². The first-order chi connectivity index (χ1) is 16.7. The molecule has 2 aromatic carbocycles. The van der Waals surface area contributed by atoms with Crippen LogP contribution in [0.15, 0.2) is 18.2 Å². The Bertz CT molecular complexity index is 1210. The number of ether oxygens (including phenoxy) is 2. The lowest BCUT2D eigenvalue weighted by molar-refractivity contribution is -0.148. The van der Waals surface area contributed by atoms with Gasteiger partial charge in [-0.1, -0.05) is 39.8 Å². The van der Waals surface area contributed by atoms with Gasteiger partial charge in [0.2, 0.25) is 5.78 Å². The summed E-state index contributed by atoms with van der Waals surface area (Å²) in [4.78, 5) is 50.7. The summed E-state index contributed by atoms with van der Waals surface area (Å²) in [5, 5.41) is 22.2. The number of phenolic OH excluding ortho intramolecular Hbond substituents is 2. The summed E-state index contributed by atoms with van der Waals surface area (Å²) < 4.78 is 10.2. The first-order valence-electron chi connectivity index (χ1n) is 11.8. The summed E-state index contributed by atoms with van der Waals surface area (Å²) >= 11 is 0. The van der Waals surface area contributed by atoms with Crippen LogP contribution in [0.5, 0.6) is 17.2 Å². The third kappa shape index (κ3) is 4.29. The Kier molecular flexibility index (Phi) is 7.63. The molecule has 0 amide bonds. The standard InChI is InChI=1S/C25H24O8.C2H6/c1-4-17(27)33-10-15(26)12-8-11(2)18-14(9-12)23(29)20-21(24(18)30)25(31)19-13(22(20)28)6-5-7-16(19)32-3;1-2/h5-7,11-12,29-30H,4,8-10H2,1-3H3;1-2H3/t11-,12?;/m0./s1. The van der Waals surface area contributed by atoms with E-state index in [4.69, 9.17) is 9.47 Å². The first kappa shape index (κ1) is 25.9. The Morgan fingerprint density at radius 2 is 1.69 bits per heavy atom. The minimum absolute atomic E-state index is 0.0430. The number of hydrogen-bond donors (Lipinski definition) is 2. The minimum Gasteiger partial charge on any atom is -0.507 e. The highest BCUT2D eigenvalue weighted by molar-refractivity contribution is 6.31. The van der Waals surface area contributed by atoms with Crippen molar-refractivity contribution in [3.63, 3.8) is 0 Å². The van der Waals surface area contributed by atoms with Gasteiger partial charge in [0.15, 0.2) is 11.6 Å². The lowest BCUT2D eigenvalue weighted by atomic mass is 9.71. The van der Waals surface area contributed by atoms with Crippen LogP contribution >= 0.6 is 0 Å². The van der Waals surface area contributed by atoms with Gasteiger partial charge in [-0.3, -0.25) is 19.2 Å². The molecule has 1 unspecified atom stereocenters. The molecule has 35 heavy (non-hydrogen) atoms. The zero-order chi connectivity index (χ0) is 26.0. The van der Waals surface area contributed by atoms with E-state index in [1.165, 1.54) is 13.2 Å². The van der Waals surface area contributed by atoms with E-state index < -0.39 is 29.2 Å². The molecule has 186 valence electrons. The molecular formula is C27H30O8. The highest BCUT2D eigenvalue weighted by Crippen LogP contribution is 2.50. The number of benzene rings is 2. The van der Waals surface area contributed by atoms with Gasteiger partial charge in [0.1, 0.15) is 23.9 Å². The van der Waals surface area contributed by atoms with Crippen molar-refractivity contribution in [1.29, 1.82) is 0 Å². The molecule has 4 rings (SSSR count). The zero-order valence-electron chi connectivity index (χ0n) is 20.6. The smallest absolute Gasteiger partial charge is 0.305 e. The molecule has 2 N–H and O–H groups in total. The van der Waals surface area contributed by atoms with E-state index >= 15 is 0 Å². The Morgan fingerprint density at radius 1 is 1.03 bits per heavy atom. The van der Waals surface area contributed by atoms with Crippen LogP contribution in [0.3, 0.4) is 0 Å². The number of aromatic hydroxyl groups is 2. The van der Waals surface area contributed by atoms with Gasteiger partial charge in [0, 0.05) is 29.0 Å². The normalized spacial score (nSPS) is 17.9. The van der Waals surface area contributed by atoms with Crippen LogP contribution in [0.2, 0.25) is 0 Å². The average molecular weight is 483 g/mol. The van der Waals surface area contributed by atoms with Crippen molar-refractivity contribution in [2.75, 3.05) is 13.7 Å². The number of carbonyl (C=O) groups excluding carboxylic acids is 4. The van der Waals surface area contributed by atoms with Gasteiger partial charge in [-0.15, -0.1) is 0 Å². The van der Waals surface area contributed by atoms with Gasteiger partial charge < -0.3 is 19.7 Å². The number of hydrogen-bond acceptors (Lipinski definition) is 8. The van der Waals surface area contributed by atoms with Gasteiger partial charge in [-0.2, -0.15) is 0 Å². The Hall–Kier alpha value is -3.68. The third-order valence-corrected chi connectivity index (χ3v) is 6.46. The van der Waals surface area contributed by atoms with Crippen molar-refractivity contribution >= 4 is 23.3 Å². The Morgan fingerprint density at radius 3 is 2.31 bits per heavy atom. The molecule has 0 saturated carbocycles. The van der Waals surface area contributed by atoms with Crippen LogP contribution in [-0.4, -0.2) is 47.2 Å². The van der Waals surface area contributed by atoms with E-state index in [-0.39, 0.29) is 70.5 Å². The van der Waals surface area contributed by atoms with E-state index in [1.807, 2.05) is 13.8 Å². The molecule has 2 atom stereocenters. The molecule has 2 aliphatic rings. The van der Waals surface area contributed by atoms with Crippen molar-refractivity contribution in [2.45, 2.75) is 52.9 Å². The maximum Gasteiger partial charge on any atom is 0.305 e. The van der Waals surface area contributed by atoms with E-state index in [0.29, 0.717) is 12.0 Å².